The lowest BCUT2D eigenvalue weighted by molar-refractivity contribution is -0.141. The maximum absolute atomic E-state index is 12.8. The van der Waals surface area contributed by atoms with Crippen molar-refractivity contribution in [1.82, 2.24) is 9.88 Å². The molecular weight excluding hydrogens is 345 g/mol. The highest BCUT2D eigenvalue weighted by Gasteiger charge is 2.45. The van der Waals surface area contributed by atoms with Crippen molar-refractivity contribution in [3.8, 4) is 0 Å². The molecule has 3 fully saturated rings. The van der Waals surface area contributed by atoms with Gasteiger partial charge in [0.05, 0.1) is 0 Å². The number of hydrogen-bond acceptors (Lipinski definition) is 3. The lowest BCUT2D eigenvalue weighted by Crippen LogP contribution is -2.42. The zero-order valence-corrected chi connectivity index (χ0v) is 15.4. The van der Waals surface area contributed by atoms with E-state index in [1.54, 1.807) is 6.92 Å². The van der Waals surface area contributed by atoms with Crippen molar-refractivity contribution in [2.75, 3.05) is 24.6 Å². The molecule has 0 unspecified atom stereocenters. The molecule has 0 N–H and O–H groups in total. The highest BCUT2D eigenvalue weighted by Crippen LogP contribution is 2.47. The minimum absolute atomic E-state index is 0.363. The van der Waals surface area contributed by atoms with Crippen molar-refractivity contribution in [3.63, 3.8) is 0 Å². The van der Waals surface area contributed by atoms with Gasteiger partial charge < -0.3 is 0 Å². The molecule has 3 heterocycles. The second-order valence-electron chi connectivity index (χ2n) is 8.14. The van der Waals surface area contributed by atoms with Gasteiger partial charge in [-0.05, 0) is 68.7 Å². The minimum atomic E-state index is -4.35. The minimum Gasteiger partial charge on any atom is -0.300 e. The number of aryl methyl sites for hydroxylation is 1. The average molecular weight is 370 g/mol. The molecule has 2 aliphatic heterocycles. The number of aromatic nitrogens is 1. The number of likely N-dealkylation sites (tertiary alicyclic amines) is 1. The summed E-state index contributed by atoms with van der Waals surface area (Å²) in [5.74, 6) is 3.02. The molecule has 25 heavy (non-hydrogen) atoms. The Kier molecular flexibility index (Phi) is 4.55. The van der Waals surface area contributed by atoms with E-state index >= 15 is 0 Å². The summed E-state index contributed by atoms with van der Waals surface area (Å²) in [7, 11) is 0. The van der Waals surface area contributed by atoms with E-state index in [0.717, 1.165) is 36.8 Å². The summed E-state index contributed by atoms with van der Waals surface area (Å²) in [5, 5.41) is 0. The number of thioether (sulfide) groups is 1. The molecule has 0 atom stereocenters. The predicted molar refractivity (Wildman–Crippen MR) is 94.9 cm³/mol. The fourth-order valence-corrected chi connectivity index (χ4v) is 6.06. The molecule has 138 valence electrons. The zero-order chi connectivity index (χ0) is 17.7. The molecule has 0 aromatic carbocycles. The normalized spacial score (nSPS) is 29.8. The molecule has 1 aliphatic carbocycles. The van der Waals surface area contributed by atoms with Gasteiger partial charge in [-0.25, -0.2) is 0 Å². The summed E-state index contributed by atoms with van der Waals surface area (Å²) in [6, 6.07) is 1.88. The molecule has 0 bridgehead atoms. The molecule has 4 rings (SSSR count). The highest BCUT2D eigenvalue weighted by atomic mass is 32.2. The van der Waals surface area contributed by atoms with E-state index < -0.39 is 11.9 Å². The Morgan fingerprint density at radius 3 is 2.44 bits per heavy atom. The molecule has 0 radical (unpaired) electrons. The van der Waals surface area contributed by atoms with E-state index in [-0.39, 0.29) is 0 Å². The van der Waals surface area contributed by atoms with Crippen molar-refractivity contribution in [2.45, 2.75) is 57.2 Å². The number of nitrogens with zero attached hydrogens (tertiary/aromatic N) is 2. The largest absolute Gasteiger partial charge is 0.433 e. The van der Waals surface area contributed by atoms with Gasteiger partial charge in [-0.2, -0.15) is 24.9 Å². The fourth-order valence-electron chi connectivity index (χ4n) is 4.81. The van der Waals surface area contributed by atoms with Crippen LogP contribution in [-0.2, 0) is 6.18 Å². The number of rotatable bonds is 2. The Hall–Kier alpha value is -0.750. The Balaban J connectivity index is 1.37. The lowest BCUT2D eigenvalue weighted by atomic mass is 9.80. The van der Waals surface area contributed by atoms with E-state index in [4.69, 9.17) is 0 Å². The van der Waals surface area contributed by atoms with Crippen LogP contribution < -0.4 is 0 Å². The topological polar surface area (TPSA) is 16.1 Å². The van der Waals surface area contributed by atoms with Crippen LogP contribution in [0.2, 0.25) is 0 Å². The van der Waals surface area contributed by atoms with E-state index in [2.05, 4.69) is 21.6 Å². The SMILES string of the molecule is Cc1cc(C(F)(F)F)ncc1C1CCC(N2CCC3(CSC3)C2)CC1. The number of halogens is 3. The van der Waals surface area contributed by atoms with Crippen LogP contribution in [0.25, 0.3) is 0 Å². The van der Waals surface area contributed by atoms with Gasteiger partial charge in [-0.15, -0.1) is 0 Å². The van der Waals surface area contributed by atoms with Crippen molar-refractivity contribution < 1.29 is 13.2 Å². The summed E-state index contributed by atoms with van der Waals surface area (Å²) >= 11 is 2.07. The highest BCUT2D eigenvalue weighted by molar-refractivity contribution is 8.00. The fraction of sp³-hybridized carbons (Fsp3) is 0.737. The Bertz CT molecular complexity index is 634. The molecule has 2 nitrogen and oxygen atoms in total. The monoisotopic (exact) mass is 370 g/mol. The van der Waals surface area contributed by atoms with Crippen molar-refractivity contribution in [2.24, 2.45) is 5.41 Å². The Morgan fingerprint density at radius 1 is 1.20 bits per heavy atom. The van der Waals surface area contributed by atoms with Gasteiger partial charge in [0.1, 0.15) is 5.69 Å². The van der Waals surface area contributed by atoms with Crippen LogP contribution in [0.15, 0.2) is 12.3 Å². The summed E-state index contributed by atoms with van der Waals surface area (Å²) in [6.45, 7) is 4.28. The lowest BCUT2D eigenvalue weighted by Gasteiger charge is -2.40. The van der Waals surface area contributed by atoms with Crippen LogP contribution in [0.4, 0.5) is 13.2 Å². The number of alkyl halides is 3. The van der Waals surface area contributed by atoms with Crippen molar-refractivity contribution in [3.05, 3.63) is 29.1 Å². The van der Waals surface area contributed by atoms with Gasteiger partial charge in [0.2, 0.25) is 0 Å². The standard InChI is InChI=1S/C19H25F3N2S/c1-13-8-17(19(20,21)22)23-9-16(13)14-2-4-15(5-3-14)24-7-6-18(10-24)11-25-12-18/h8-9,14-15H,2-7,10-12H2,1H3. The first-order valence-corrected chi connectivity index (χ1v) is 10.4. The molecule has 0 amide bonds. The molecule has 1 aromatic heterocycles. The maximum Gasteiger partial charge on any atom is 0.433 e. The number of hydrogen-bond donors (Lipinski definition) is 0. The average Bonchev–Trinajstić information content (AvgIpc) is 3.00. The van der Waals surface area contributed by atoms with Gasteiger partial charge in [0, 0.05) is 35.7 Å². The maximum atomic E-state index is 12.8. The third kappa shape index (κ3) is 3.44. The van der Waals surface area contributed by atoms with Crippen LogP contribution >= 0.6 is 11.8 Å². The van der Waals surface area contributed by atoms with Gasteiger partial charge in [0.15, 0.2) is 0 Å². The zero-order valence-electron chi connectivity index (χ0n) is 14.6. The molecule has 6 heteroatoms. The summed E-state index contributed by atoms with van der Waals surface area (Å²) in [4.78, 5) is 6.37. The van der Waals surface area contributed by atoms with Crippen LogP contribution in [0.3, 0.4) is 0 Å². The molecule has 3 aliphatic rings. The smallest absolute Gasteiger partial charge is 0.300 e. The summed E-state index contributed by atoms with van der Waals surface area (Å²) in [6.07, 6.45) is 2.92. The van der Waals surface area contributed by atoms with Gasteiger partial charge in [-0.3, -0.25) is 9.88 Å². The third-order valence-corrected chi connectivity index (χ3v) is 8.01. The van der Waals surface area contributed by atoms with Crippen LogP contribution in [0.1, 0.15) is 54.8 Å². The first kappa shape index (κ1) is 17.7. The van der Waals surface area contributed by atoms with Crippen molar-refractivity contribution in [1.29, 1.82) is 0 Å². The van der Waals surface area contributed by atoms with Crippen LogP contribution in [0, 0.1) is 12.3 Å². The second kappa shape index (κ2) is 6.45. The molecule has 2 saturated heterocycles. The predicted octanol–water partition coefficient (Wildman–Crippen LogP) is 4.87. The summed E-state index contributed by atoms with van der Waals surface area (Å²) in [5.41, 5.74) is 1.58. The van der Waals surface area contributed by atoms with E-state index in [0.29, 0.717) is 17.4 Å². The van der Waals surface area contributed by atoms with E-state index in [9.17, 15) is 13.2 Å². The quantitative estimate of drug-likeness (QED) is 0.739. The van der Waals surface area contributed by atoms with Gasteiger partial charge in [0.25, 0.3) is 0 Å². The van der Waals surface area contributed by atoms with Gasteiger partial charge in [-0.1, -0.05) is 0 Å². The van der Waals surface area contributed by atoms with E-state index in [1.165, 1.54) is 43.3 Å². The number of pyridine rings is 1. The Morgan fingerprint density at radius 2 is 1.92 bits per heavy atom. The van der Waals surface area contributed by atoms with Crippen LogP contribution in [0.5, 0.6) is 0 Å². The first-order valence-electron chi connectivity index (χ1n) is 9.22. The molecule has 1 spiro atoms. The summed E-state index contributed by atoms with van der Waals surface area (Å²) < 4.78 is 38.4. The second-order valence-corrected chi connectivity index (χ2v) is 9.13. The van der Waals surface area contributed by atoms with Crippen LogP contribution in [-0.4, -0.2) is 40.5 Å². The van der Waals surface area contributed by atoms with Gasteiger partial charge >= 0.3 is 6.18 Å². The molecular formula is C19H25F3N2S. The third-order valence-electron chi connectivity index (χ3n) is 6.38. The van der Waals surface area contributed by atoms with Crippen molar-refractivity contribution >= 4 is 11.8 Å². The first-order chi connectivity index (χ1) is 11.9. The molecule has 1 aromatic rings. The van der Waals surface area contributed by atoms with E-state index in [1.807, 2.05) is 0 Å². The Labute approximate surface area is 151 Å². The molecule has 1 saturated carbocycles.